The zero-order chi connectivity index (χ0) is 14.5. The fraction of sp³-hybridized carbons (Fsp3) is 0.938. The smallest absolute Gasteiger partial charge is 0.105 e. The molecule has 1 atom stereocenters. The molecule has 1 rings (SSSR count). The van der Waals surface area contributed by atoms with Crippen molar-refractivity contribution < 1.29 is 0 Å². The first kappa shape index (κ1) is 16.5. The van der Waals surface area contributed by atoms with Crippen LogP contribution in [-0.4, -0.2) is 36.1 Å². The summed E-state index contributed by atoms with van der Waals surface area (Å²) in [5.74, 6) is 0. The molecule has 1 heterocycles. The highest BCUT2D eigenvalue weighted by Gasteiger charge is 2.35. The first-order valence-corrected chi connectivity index (χ1v) is 7.80. The first-order valence-electron chi connectivity index (χ1n) is 7.80. The predicted molar refractivity (Wildman–Crippen MR) is 81.0 cm³/mol. The minimum atomic E-state index is -0.391. The van der Waals surface area contributed by atoms with Crippen molar-refractivity contribution in [1.82, 2.24) is 10.2 Å². The third-order valence-electron chi connectivity index (χ3n) is 4.80. The van der Waals surface area contributed by atoms with Crippen molar-refractivity contribution in [3.05, 3.63) is 0 Å². The molecule has 0 bridgehead atoms. The van der Waals surface area contributed by atoms with E-state index in [2.05, 4.69) is 44.0 Å². The maximum absolute atomic E-state index is 9.37. The summed E-state index contributed by atoms with van der Waals surface area (Å²) in [5.41, 5.74) is 0.145. The van der Waals surface area contributed by atoms with Gasteiger partial charge in [0.2, 0.25) is 0 Å². The van der Waals surface area contributed by atoms with Gasteiger partial charge in [0.15, 0.2) is 0 Å². The van der Waals surface area contributed by atoms with E-state index < -0.39 is 5.54 Å². The quantitative estimate of drug-likeness (QED) is 0.768. The van der Waals surface area contributed by atoms with E-state index in [1.165, 1.54) is 32.4 Å². The molecule has 3 nitrogen and oxygen atoms in total. The van der Waals surface area contributed by atoms with Gasteiger partial charge in [-0.1, -0.05) is 13.8 Å². The lowest BCUT2D eigenvalue weighted by Crippen LogP contribution is -2.47. The van der Waals surface area contributed by atoms with E-state index in [4.69, 9.17) is 0 Å². The van der Waals surface area contributed by atoms with Gasteiger partial charge in [-0.15, -0.1) is 0 Å². The van der Waals surface area contributed by atoms with Crippen LogP contribution in [-0.2, 0) is 0 Å². The molecule has 19 heavy (non-hydrogen) atoms. The fourth-order valence-electron chi connectivity index (χ4n) is 3.22. The van der Waals surface area contributed by atoms with Crippen LogP contribution in [0, 0.1) is 16.7 Å². The molecule has 0 aromatic heterocycles. The molecule has 0 saturated carbocycles. The van der Waals surface area contributed by atoms with Crippen LogP contribution >= 0.6 is 0 Å². The Labute approximate surface area is 119 Å². The number of likely N-dealkylation sites (tertiary alicyclic amines) is 1. The second-order valence-electron chi connectivity index (χ2n) is 6.73. The zero-order valence-corrected chi connectivity index (χ0v) is 13.4. The average Bonchev–Trinajstić information content (AvgIpc) is 2.80. The molecule has 1 fully saturated rings. The highest BCUT2D eigenvalue weighted by molar-refractivity contribution is 5.05. The van der Waals surface area contributed by atoms with Gasteiger partial charge in [0, 0.05) is 19.1 Å². The first-order chi connectivity index (χ1) is 8.88. The molecule has 0 spiro atoms. The summed E-state index contributed by atoms with van der Waals surface area (Å²) in [4.78, 5) is 2.55. The van der Waals surface area contributed by atoms with Crippen LogP contribution < -0.4 is 5.32 Å². The van der Waals surface area contributed by atoms with Crippen molar-refractivity contribution in [3.63, 3.8) is 0 Å². The van der Waals surface area contributed by atoms with E-state index in [1.807, 2.05) is 6.92 Å². The number of hydrogen-bond acceptors (Lipinski definition) is 3. The van der Waals surface area contributed by atoms with Gasteiger partial charge in [-0.25, -0.2) is 0 Å². The van der Waals surface area contributed by atoms with E-state index in [9.17, 15) is 5.26 Å². The van der Waals surface area contributed by atoms with Crippen molar-refractivity contribution in [2.24, 2.45) is 5.41 Å². The Balaban J connectivity index is 2.47. The van der Waals surface area contributed by atoms with Crippen LogP contribution in [0.1, 0.15) is 60.3 Å². The Kier molecular flexibility index (Phi) is 5.82. The van der Waals surface area contributed by atoms with Crippen LogP contribution in [0.4, 0.5) is 0 Å². The molecule has 0 aromatic carbocycles. The summed E-state index contributed by atoms with van der Waals surface area (Å²) >= 11 is 0. The van der Waals surface area contributed by atoms with E-state index >= 15 is 0 Å². The second-order valence-corrected chi connectivity index (χ2v) is 6.73. The maximum atomic E-state index is 9.37. The SMILES string of the molecule is CCC1(CC)CCN(CCC(C)(C#N)NC(C)C)C1. The summed E-state index contributed by atoms with van der Waals surface area (Å²) in [6, 6.07) is 2.80. The van der Waals surface area contributed by atoms with Crippen molar-refractivity contribution >= 4 is 0 Å². The minimum absolute atomic E-state index is 0.355. The van der Waals surface area contributed by atoms with Crippen molar-refractivity contribution in [2.75, 3.05) is 19.6 Å². The van der Waals surface area contributed by atoms with Gasteiger partial charge in [-0.3, -0.25) is 5.32 Å². The molecule has 0 aliphatic carbocycles. The van der Waals surface area contributed by atoms with Crippen molar-refractivity contribution in [1.29, 1.82) is 5.26 Å². The summed E-state index contributed by atoms with van der Waals surface area (Å²) in [6.07, 6.45) is 4.78. The van der Waals surface area contributed by atoms with Gasteiger partial charge in [-0.05, 0) is 58.4 Å². The molecule has 0 aromatic rings. The zero-order valence-electron chi connectivity index (χ0n) is 13.4. The van der Waals surface area contributed by atoms with E-state index in [1.54, 1.807) is 0 Å². The van der Waals surface area contributed by atoms with Crippen LogP contribution in [0.5, 0.6) is 0 Å². The largest absolute Gasteiger partial charge is 0.303 e. The molecule has 110 valence electrons. The third kappa shape index (κ3) is 4.47. The van der Waals surface area contributed by atoms with Crippen LogP contribution in [0.2, 0.25) is 0 Å². The second kappa shape index (κ2) is 6.72. The molecule has 1 saturated heterocycles. The number of nitriles is 1. The topological polar surface area (TPSA) is 39.1 Å². The number of rotatable bonds is 7. The average molecular weight is 265 g/mol. The lowest BCUT2D eigenvalue weighted by Gasteiger charge is -2.30. The molecule has 1 aliphatic heterocycles. The van der Waals surface area contributed by atoms with Crippen molar-refractivity contribution in [3.8, 4) is 6.07 Å². The normalized spacial score (nSPS) is 22.4. The molecular formula is C16H31N3. The summed E-state index contributed by atoms with van der Waals surface area (Å²) in [7, 11) is 0. The standard InChI is InChI=1S/C16H31N3/c1-6-16(7-2)9-11-19(13-16)10-8-15(5,12-17)18-14(3)4/h14,18H,6-11,13H2,1-5H3. The molecule has 1 aliphatic rings. The van der Waals surface area contributed by atoms with Gasteiger partial charge in [0.05, 0.1) is 6.07 Å². The van der Waals surface area contributed by atoms with Crippen molar-refractivity contribution in [2.45, 2.75) is 71.9 Å². The number of nitrogens with one attached hydrogen (secondary N) is 1. The number of hydrogen-bond donors (Lipinski definition) is 1. The summed E-state index contributed by atoms with van der Waals surface area (Å²) in [5, 5.41) is 12.8. The monoisotopic (exact) mass is 265 g/mol. The van der Waals surface area contributed by atoms with Crippen LogP contribution in [0.15, 0.2) is 0 Å². The Hall–Kier alpha value is -0.590. The maximum Gasteiger partial charge on any atom is 0.105 e. The molecule has 0 radical (unpaired) electrons. The highest BCUT2D eigenvalue weighted by atomic mass is 15.2. The van der Waals surface area contributed by atoms with Gasteiger partial charge >= 0.3 is 0 Å². The summed E-state index contributed by atoms with van der Waals surface area (Å²) in [6.45, 7) is 14.3. The van der Waals surface area contributed by atoms with Gasteiger partial charge in [-0.2, -0.15) is 5.26 Å². The lowest BCUT2D eigenvalue weighted by molar-refractivity contribution is 0.225. The van der Waals surface area contributed by atoms with E-state index in [0.717, 1.165) is 13.0 Å². The van der Waals surface area contributed by atoms with Gasteiger partial charge in [0.25, 0.3) is 0 Å². The molecule has 3 heteroatoms. The van der Waals surface area contributed by atoms with E-state index in [0.29, 0.717) is 11.5 Å². The summed E-state index contributed by atoms with van der Waals surface area (Å²) < 4.78 is 0. The molecular weight excluding hydrogens is 234 g/mol. The van der Waals surface area contributed by atoms with Crippen LogP contribution in [0.3, 0.4) is 0 Å². The Morgan fingerprint density at radius 1 is 1.37 bits per heavy atom. The molecule has 1 N–H and O–H groups in total. The third-order valence-corrected chi connectivity index (χ3v) is 4.80. The van der Waals surface area contributed by atoms with E-state index in [-0.39, 0.29) is 0 Å². The Bertz CT molecular complexity index is 314. The lowest BCUT2D eigenvalue weighted by atomic mass is 9.82. The van der Waals surface area contributed by atoms with Crippen LogP contribution in [0.25, 0.3) is 0 Å². The predicted octanol–water partition coefficient (Wildman–Crippen LogP) is 3.17. The Morgan fingerprint density at radius 3 is 2.42 bits per heavy atom. The minimum Gasteiger partial charge on any atom is -0.303 e. The van der Waals surface area contributed by atoms with Gasteiger partial charge < -0.3 is 4.90 Å². The molecule has 0 amide bonds. The molecule has 1 unspecified atom stereocenters. The highest BCUT2D eigenvalue weighted by Crippen LogP contribution is 2.37. The number of nitrogens with zero attached hydrogens (tertiary/aromatic N) is 2. The Morgan fingerprint density at radius 2 is 2.00 bits per heavy atom. The fourth-order valence-corrected chi connectivity index (χ4v) is 3.22. The van der Waals surface area contributed by atoms with Gasteiger partial charge in [0.1, 0.15) is 5.54 Å².